The number of nitrogens with zero attached hydrogens (tertiary/aromatic N) is 2. The van der Waals surface area contributed by atoms with Gasteiger partial charge in [0.25, 0.3) is 0 Å². The lowest BCUT2D eigenvalue weighted by Gasteiger charge is -2.39. The lowest BCUT2D eigenvalue weighted by atomic mass is 9.71. The first-order valence-electron chi connectivity index (χ1n) is 10.7. The molecule has 4 rings (SSSR count). The Labute approximate surface area is 172 Å². The maximum Gasteiger partial charge on any atom is 0.321 e. The molecule has 3 saturated heterocycles. The molecule has 3 aliphatic rings. The topological polar surface area (TPSA) is 71.1 Å². The summed E-state index contributed by atoms with van der Waals surface area (Å²) in [6, 6.07) is 7.81. The van der Waals surface area contributed by atoms with E-state index in [4.69, 9.17) is 9.47 Å². The maximum atomic E-state index is 13.4. The highest BCUT2D eigenvalue weighted by Crippen LogP contribution is 2.45. The van der Waals surface area contributed by atoms with Gasteiger partial charge in [-0.05, 0) is 37.0 Å². The molecule has 0 saturated carbocycles. The van der Waals surface area contributed by atoms with Gasteiger partial charge in [0.2, 0.25) is 5.91 Å². The number of aryl methyl sites for hydroxylation is 1. The molecule has 29 heavy (non-hydrogen) atoms. The molecule has 3 heterocycles. The van der Waals surface area contributed by atoms with E-state index in [9.17, 15) is 9.59 Å². The minimum absolute atomic E-state index is 0.124. The van der Waals surface area contributed by atoms with Crippen molar-refractivity contribution in [1.82, 2.24) is 9.80 Å². The van der Waals surface area contributed by atoms with Crippen molar-refractivity contribution in [3.8, 4) is 0 Å². The summed E-state index contributed by atoms with van der Waals surface area (Å²) in [6.07, 6.45) is 2.57. The molecular weight excluding hydrogens is 370 g/mol. The first kappa shape index (κ1) is 20.2. The van der Waals surface area contributed by atoms with Crippen molar-refractivity contribution in [2.24, 2.45) is 11.3 Å². The Bertz CT molecular complexity index is 741. The smallest absolute Gasteiger partial charge is 0.321 e. The molecule has 0 aromatic heterocycles. The number of anilines is 1. The molecule has 3 aliphatic heterocycles. The van der Waals surface area contributed by atoms with Gasteiger partial charge in [-0.3, -0.25) is 4.79 Å². The predicted octanol–water partition coefficient (Wildman–Crippen LogP) is 2.37. The Morgan fingerprint density at radius 1 is 1.10 bits per heavy atom. The highest BCUT2D eigenvalue weighted by atomic mass is 16.5. The number of carbonyl (C=O) groups is 2. The zero-order valence-corrected chi connectivity index (χ0v) is 17.2. The van der Waals surface area contributed by atoms with Crippen LogP contribution in [0.25, 0.3) is 0 Å². The zero-order valence-electron chi connectivity index (χ0n) is 17.2. The number of hydrogen-bond donors (Lipinski definition) is 1. The first-order chi connectivity index (χ1) is 14.1. The second-order valence-electron chi connectivity index (χ2n) is 8.33. The second-order valence-corrected chi connectivity index (χ2v) is 8.33. The van der Waals surface area contributed by atoms with E-state index in [1.54, 1.807) is 0 Å². The molecule has 1 spiro atoms. The molecule has 1 N–H and O–H groups in total. The molecular formula is C22H31N3O4. The van der Waals surface area contributed by atoms with Crippen molar-refractivity contribution >= 4 is 17.6 Å². The highest BCUT2D eigenvalue weighted by Gasteiger charge is 2.52. The molecule has 0 radical (unpaired) electrons. The van der Waals surface area contributed by atoms with E-state index >= 15 is 0 Å². The molecule has 7 nitrogen and oxygen atoms in total. The number of amides is 3. The fraction of sp³-hybridized carbons (Fsp3) is 0.636. The van der Waals surface area contributed by atoms with Crippen LogP contribution in [0.1, 0.15) is 25.3 Å². The summed E-state index contributed by atoms with van der Waals surface area (Å²) in [5.74, 6) is -0.00398. The van der Waals surface area contributed by atoms with Crippen molar-refractivity contribution in [3.63, 3.8) is 0 Å². The van der Waals surface area contributed by atoms with Crippen LogP contribution in [0.4, 0.5) is 10.5 Å². The van der Waals surface area contributed by atoms with E-state index in [-0.39, 0.29) is 23.3 Å². The first-order valence-corrected chi connectivity index (χ1v) is 10.7. The third-order valence-electron chi connectivity index (χ3n) is 6.63. The number of morpholine rings is 1. The van der Waals surface area contributed by atoms with Crippen LogP contribution >= 0.6 is 0 Å². The minimum Gasteiger partial charge on any atom is -0.381 e. The monoisotopic (exact) mass is 401 g/mol. The summed E-state index contributed by atoms with van der Waals surface area (Å²) >= 11 is 0. The number of carbonyl (C=O) groups excluding carboxylic acids is 2. The van der Waals surface area contributed by atoms with Crippen LogP contribution in [0, 0.1) is 11.3 Å². The average Bonchev–Trinajstić information content (AvgIpc) is 3.13. The van der Waals surface area contributed by atoms with Crippen LogP contribution in [0.3, 0.4) is 0 Å². The Balaban J connectivity index is 1.49. The fourth-order valence-corrected chi connectivity index (χ4v) is 4.82. The van der Waals surface area contributed by atoms with E-state index in [0.29, 0.717) is 52.6 Å². The van der Waals surface area contributed by atoms with Crippen LogP contribution in [-0.4, -0.2) is 74.3 Å². The lowest BCUT2D eigenvalue weighted by molar-refractivity contribution is -0.144. The summed E-state index contributed by atoms with van der Waals surface area (Å²) < 4.78 is 11.0. The number of nitrogens with one attached hydrogen (secondary N) is 1. The fourth-order valence-electron chi connectivity index (χ4n) is 4.82. The SMILES string of the molecule is CCc1cccc(NC(=O)N2C[C@@H](C(=O)N3CCOCC3)C3(CCOCC3)C2)c1. The normalized spacial score (nSPS) is 24.0. The van der Waals surface area contributed by atoms with Gasteiger partial charge in [-0.15, -0.1) is 0 Å². The molecule has 1 aromatic carbocycles. The predicted molar refractivity (Wildman–Crippen MR) is 110 cm³/mol. The summed E-state index contributed by atoms with van der Waals surface area (Å²) in [5, 5.41) is 3.03. The van der Waals surface area contributed by atoms with Crippen molar-refractivity contribution in [2.45, 2.75) is 26.2 Å². The molecule has 3 amide bonds. The number of urea groups is 1. The van der Waals surface area contributed by atoms with Gasteiger partial charge >= 0.3 is 6.03 Å². The molecule has 0 unspecified atom stereocenters. The summed E-state index contributed by atoms with van der Waals surface area (Å²) in [6.45, 7) is 6.93. The largest absolute Gasteiger partial charge is 0.381 e. The van der Waals surface area contributed by atoms with E-state index < -0.39 is 0 Å². The third-order valence-corrected chi connectivity index (χ3v) is 6.63. The molecule has 158 valence electrons. The highest BCUT2D eigenvalue weighted by molar-refractivity contribution is 5.91. The molecule has 1 atom stereocenters. The molecule has 0 aliphatic carbocycles. The van der Waals surface area contributed by atoms with Crippen LogP contribution in [0.15, 0.2) is 24.3 Å². The zero-order chi connectivity index (χ0) is 20.3. The van der Waals surface area contributed by atoms with Crippen molar-refractivity contribution in [3.05, 3.63) is 29.8 Å². The molecule has 7 heteroatoms. The van der Waals surface area contributed by atoms with Gasteiger partial charge in [-0.25, -0.2) is 4.79 Å². The standard InChI is InChI=1S/C22H31N3O4/c1-2-17-4-3-5-18(14-17)23-21(27)25-15-19(20(26)24-8-12-29-13-9-24)22(16-25)6-10-28-11-7-22/h3-5,14,19H,2,6-13,15-16H2,1H3,(H,23,27)/t19-/m0/s1. The van der Waals surface area contributed by atoms with E-state index in [1.165, 1.54) is 5.56 Å². The number of likely N-dealkylation sites (tertiary alicyclic amines) is 1. The molecule has 1 aromatic rings. The van der Waals surface area contributed by atoms with Crippen molar-refractivity contribution < 1.29 is 19.1 Å². The van der Waals surface area contributed by atoms with Crippen LogP contribution in [0.5, 0.6) is 0 Å². The number of rotatable bonds is 3. The van der Waals surface area contributed by atoms with E-state index in [1.807, 2.05) is 28.0 Å². The quantitative estimate of drug-likeness (QED) is 0.844. The van der Waals surface area contributed by atoms with Gasteiger partial charge in [0, 0.05) is 50.5 Å². The Morgan fingerprint density at radius 3 is 2.55 bits per heavy atom. The number of hydrogen-bond acceptors (Lipinski definition) is 4. The number of ether oxygens (including phenoxy) is 2. The van der Waals surface area contributed by atoms with Crippen LogP contribution < -0.4 is 5.32 Å². The maximum absolute atomic E-state index is 13.4. The lowest BCUT2D eigenvalue weighted by Crippen LogP contribution is -2.49. The minimum atomic E-state index is -0.184. The Hall–Kier alpha value is -2.12. The Kier molecular flexibility index (Phi) is 6.06. The van der Waals surface area contributed by atoms with E-state index in [2.05, 4.69) is 18.3 Å². The second kappa shape index (κ2) is 8.71. The van der Waals surface area contributed by atoms with Gasteiger partial charge in [0.05, 0.1) is 19.1 Å². The summed E-state index contributed by atoms with van der Waals surface area (Å²) in [5.41, 5.74) is 1.81. The number of benzene rings is 1. The third kappa shape index (κ3) is 4.26. The van der Waals surface area contributed by atoms with E-state index in [0.717, 1.165) is 24.9 Å². The van der Waals surface area contributed by atoms with Gasteiger partial charge in [-0.2, -0.15) is 0 Å². The van der Waals surface area contributed by atoms with Gasteiger partial charge < -0.3 is 24.6 Å². The van der Waals surface area contributed by atoms with Crippen LogP contribution in [-0.2, 0) is 20.7 Å². The van der Waals surface area contributed by atoms with Crippen molar-refractivity contribution in [1.29, 1.82) is 0 Å². The molecule has 3 fully saturated rings. The average molecular weight is 402 g/mol. The summed E-state index contributed by atoms with van der Waals surface area (Å²) in [4.78, 5) is 30.1. The van der Waals surface area contributed by atoms with Gasteiger partial charge in [0.1, 0.15) is 0 Å². The van der Waals surface area contributed by atoms with Gasteiger partial charge in [-0.1, -0.05) is 19.1 Å². The van der Waals surface area contributed by atoms with Crippen LogP contribution in [0.2, 0.25) is 0 Å². The van der Waals surface area contributed by atoms with Gasteiger partial charge in [0.15, 0.2) is 0 Å². The summed E-state index contributed by atoms with van der Waals surface area (Å²) in [7, 11) is 0. The Morgan fingerprint density at radius 2 is 1.83 bits per heavy atom. The van der Waals surface area contributed by atoms with Crippen molar-refractivity contribution in [2.75, 3.05) is 57.9 Å². The molecule has 0 bridgehead atoms.